The lowest BCUT2D eigenvalue weighted by Gasteiger charge is -2.32. The predicted octanol–water partition coefficient (Wildman–Crippen LogP) is 3.35. The second-order valence-electron chi connectivity index (χ2n) is 5.08. The first-order valence-corrected chi connectivity index (χ1v) is 6.35. The fourth-order valence-electron chi connectivity index (χ4n) is 2.24. The summed E-state index contributed by atoms with van der Waals surface area (Å²) < 4.78 is 5.60. The van der Waals surface area contributed by atoms with E-state index in [0.29, 0.717) is 0 Å². The molecule has 0 amide bonds. The third-order valence-corrected chi connectivity index (χ3v) is 3.20. The van der Waals surface area contributed by atoms with Crippen molar-refractivity contribution >= 4 is 0 Å². The van der Waals surface area contributed by atoms with Gasteiger partial charge < -0.3 is 4.74 Å². The molecule has 0 aromatic rings. The highest BCUT2D eigenvalue weighted by atomic mass is 17.2. The molecule has 1 aliphatic carbocycles. The highest BCUT2D eigenvalue weighted by Gasteiger charge is 2.28. The summed E-state index contributed by atoms with van der Waals surface area (Å²) in [7, 11) is 0. The Morgan fingerprint density at radius 3 is 3.00 bits per heavy atom. The molecule has 0 spiro atoms. The normalized spacial score (nSPS) is 34.6. The number of fused-ring (bicyclic) bond motifs is 1. The molecular weight excluding hydrogens is 204 g/mol. The zero-order valence-electron chi connectivity index (χ0n) is 10.3. The quantitative estimate of drug-likeness (QED) is 0.468. The molecule has 1 atom stereocenters. The number of ether oxygens (including phenoxy) is 1. The van der Waals surface area contributed by atoms with Crippen molar-refractivity contribution in [2.24, 2.45) is 0 Å². The zero-order chi connectivity index (χ0) is 11.4. The van der Waals surface area contributed by atoms with Crippen LogP contribution in [0.3, 0.4) is 0 Å². The molecule has 1 aliphatic heterocycles. The summed E-state index contributed by atoms with van der Waals surface area (Å²) in [4.78, 5) is 10.9. The molecule has 2 rings (SSSR count). The minimum Gasteiger partial charge on any atom is -0.347 e. The molecule has 16 heavy (non-hydrogen) atoms. The third-order valence-electron chi connectivity index (χ3n) is 3.20. The Morgan fingerprint density at radius 2 is 2.12 bits per heavy atom. The summed E-state index contributed by atoms with van der Waals surface area (Å²) in [6.45, 7) is 4.51. The highest BCUT2D eigenvalue weighted by Crippen LogP contribution is 2.27. The fourth-order valence-corrected chi connectivity index (χ4v) is 2.24. The third kappa shape index (κ3) is 3.30. The van der Waals surface area contributed by atoms with Crippen LogP contribution >= 0.6 is 0 Å². The van der Waals surface area contributed by atoms with Crippen LogP contribution in [0.1, 0.15) is 52.4 Å². The van der Waals surface area contributed by atoms with E-state index < -0.39 is 5.79 Å². The van der Waals surface area contributed by atoms with Crippen molar-refractivity contribution in [1.82, 2.24) is 0 Å². The lowest BCUT2D eigenvalue weighted by Crippen LogP contribution is -2.35. The van der Waals surface area contributed by atoms with Crippen LogP contribution in [0.15, 0.2) is 11.6 Å². The average Bonchev–Trinajstić information content (AvgIpc) is 2.18. The van der Waals surface area contributed by atoms with E-state index in [1.54, 1.807) is 0 Å². The molecule has 1 unspecified atom stereocenters. The standard InChI is InChI=1S/C13H22O3/c1-13(2)14-10-9-11-7-5-3-4-6-8-12(11)15-16-13/h7,12H,3-6,8-10H2,1-2H3/b11-7-. The van der Waals surface area contributed by atoms with Crippen molar-refractivity contribution in [3.8, 4) is 0 Å². The van der Waals surface area contributed by atoms with E-state index >= 15 is 0 Å². The molecule has 1 saturated heterocycles. The molecule has 1 fully saturated rings. The van der Waals surface area contributed by atoms with Gasteiger partial charge in [0.05, 0.1) is 6.61 Å². The van der Waals surface area contributed by atoms with Gasteiger partial charge in [0.25, 0.3) is 0 Å². The lowest BCUT2D eigenvalue weighted by molar-refractivity contribution is -0.435. The smallest absolute Gasteiger partial charge is 0.195 e. The van der Waals surface area contributed by atoms with Crippen LogP contribution in [0.5, 0.6) is 0 Å². The van der Waals surface area contributed by atoms with E-state index in [0.717, 1.165) is 19.4 Å². The van der Waals surface area contributed by atoms with Gasteiger partial charge in [0.15, 0.2) is 5.79 Å². The van der Waals surface area contributed by atoms with E-state index in [2.05, 4.69) is 6.08 Å². The largest absolute Gasteiger partial charge is 0.347 e. The number of hydrogen-bond donors (Lipinski definition) is 0. The van der Waals surface area contributed by atoms with Gasteiger partial charge in [-0.15, -0.1) is 0 Å². The maximum Gasteiger partial charge on any atom is 0.195 e. The summed E-state index contributed by atoms with van der Waals surface area (Å²) in [5, 5.41) is 0. The van der Waals surface area contributed by atoms with Crippen LogP contribution in [0.4, 0.5) is 0 Å². The van der Waals surface area contributed by atoms with Gasteiger partial charge in [0, 0.05) is 0 Å². The van der Waals surface area contributed by atoms with Crippen molar-refractivity contribution in [3.05, 3.63) is 11.6 Å². The van der Waals surface area contributed by atoms with Crippen molar-refractivity contribution < 1.29 is 14.5 Å². The van der Waals surface area contributed by atoms with E-state index in [9.17, 15) is 0 Å². The van der Waals surface area contributed by atoms with Crippen LogP contribution in [-0.4, -0.2) is 18.5 Å². The average molecular weight is 226 g/mol. The first kappa shape index (κ1) is 12.1. The second kappa shape index (κ2) is 5.30. The van der Waals surface area contributed by atoms with Gasteiger partial charge in [-0.05, 0) is 45.1 Å². The summed E-state index contributed by atoms with van der Waals surface area (Å²) in [5.41, 5.74) is 1.36. The van der Waals surface area contributed by atoms with Gasteiger partial charge >= 0.3 is 0 Å². The molecule has 0 radical (unpaired) electrons. The maximum absolute atomic E-state index is 5.60. The molecule has 1 heterocycles. The highest BCUT2D eigenvalue weighted by molar-refractivity contribution is 5.09. The monoisotopic (exact) mass is 226 g/mol. The van der Waals surface area contributed by atoms with E-state index in [1.807, 2.05) is 13.8 Å². The maximum atomic E-state index is 5.60. The fraction of sp³-hybridized carbons (Fsp3) is 0.846. The van der Waals surface area contributed by atoms with Crippen LogP contribution in [0.2, 0.25) is 0 Å². The van der Waals surface area contributed by atoms with Gasteiger partial charge in [-0.2, -0.15) is 0 Å². The van der Waals surface area contributed by atoms with Crippen molar-refractivity contribution in [2.45, 2.75) is 64.3 Å². The van der Waals surface area contributed by atoms with Crippen LogP contribution < -0.4 is 0 Å². The van der Waals surface area contributed by atoms with E-state index in [-0.39, 0.29) is 6.10 Å². The van der Waals surface area contributed by atoms with Gasteiger partial charge in [-0.1, -0.05) is 18.9 Å². The number of allylic oxidation sites excluding steroid dienone is 1. The van der Waals surface area contributed by atoms with Crippen LogP contribution in [-0.2, 0) is 14.5 Å². The Morgan fingerprint density at radius 1 is 1.25 bits per heavy atom. The minimum atomic E-state index is -0.617. The molecule has 0 bridgehead atoms. The minimum absolute atomic E-state index is 0.142. The van der Waals surface area contributed by atoms with E-state index in [1.165, 1.54) is 31.3 Å². The van der Waals surface area contributed by atoms with Gasteiger partial charge in [-0.25, -0.2) is 9.78 Å². The first-order chi connectivity index (χ1) is 7.67. The molecule has 0 aromatic heterocycles. The van der Waals surface area contributed by atoms with Crippen molar-refractivity contribution in [2.75, 3.05) is 6.61 Å². The molecule has 0 saturated carbocycles. The number of rotatable bonds is 0. The predicted molar refractivity (Wildman–Crippen MR) is 61.8 cm³/mol. The van der Waals surface area contributed by atoms with Gasteiger partial charge in [0.1, 0.15) is 6.10 Å². The zero-order valence-corrected chi connectivity index (χ0v) is 10.3. The van der Waals surface area contributed by atoms with Gasteiger partial charge in [-0.3, -0.25) is 0 Å². The molecular formula is C13H22O3. The van der Waals surface area contributed by atoms with Crippen LogP contribution in [0, 0.1) is 0 Å². The molecule has 3 heteroatoms. The molecule has 92 valence electrons. The summed E-state index contributed by atoms with van der Waals surface area (Å²) >= 11 is 0. The van der Waals surface area contributed by atoms with E-state index in [4.69, 9.17) is 14.5 Å². The Bertz CT molecular complexity index is 258. The number of hydrogen-bond acceptors (Lipinski definition) is 3. The Kier molecular flexibility index (Phi) is 4.00. The topological polar surface area (TPSA) is 27.7 Å². The molecule has 2 aliphatic rings. The Hall–Kier alpha value is -0.380. The Labute approximate surface area is 97.7 Å². The summed E-state index contributed by atoms with van der Waals surface area (Å²) in [6, 6.07) is 0. The summed E-state index contributed by atoms with van der Waals surface area (Å²) in [5.74, 6) is -0.617. The van der Waals surface area contributed by atoms with Crippen molar-refractivity contribution in [1.29, 1.82) is 0 Å². The SMILES string of the molecule is CC1(C)OCC/C2=C/CCCCCC2OO1. The molecule has 0 N–H and O–H groups in total. The van der Waals surface area contributed by atoms with Gasteiger partial charge in [0.2, 0.25) is 0 Å². The second-order valence-corrected chi connectivity index (χ2v) is 5.08. The molecule has 0 aromatic carbocycles. The Balaban J connectivity index is 2.04. The van der Waals surface area contributed by atoms with Crippen LogP contribution in [0.25, 0.3) is 0 Å². The summed E-state index contributed by atoms with van der Waals surface area (Å²) in [6.07, 6.45) is 9.48. The molecule has 3 nitrogen and oxygen atoms in total. The lowest BCUT2D eigenvalue weighted by atomic mass is 9.95. The van der Waals surface area contributed by atoms with Crippen molar-refractivity contribution in [3.63, 3.8) is 0 Å². The first-order valence-electron chi connectivity index (χ1n) is 6.35.